The van der Waals surface area contributed by atoms with Crippen LogP contribution in [0.25, 0.3) is 0 Å². The zero-order chi connectivity index (χ0) is 59.8. The molecule has 2 aliphatic heterocycles. The number of carbonyl (C=O) groups is 9. The van der Waals surface area contributed by atoms with E-state index in [1.54, 1.807) is 58.0 Å². The minimum atomic E-state index is -4.59. The SMILES string of the molecule is CC[C@H](C)[C@H](N)C(=O)N[C@H](C(=O)N[C@@H](CC(C)C)C(=O)N[C@H](C(=O)N1CCC[C@H]1C(=O)N1CCC[C@H]1C(=O)N[C@@H](Cc1ccc(S(=O)(=O)O)cc1)C(=O)N[C@@H](Cc1ccccc1)C(=O)N[C@@H](CC(C)C)C(=O)O)C(C)C)[C@@H](C)CC. The van der Waals surface area contributed by atoms with Crippen molar-refractivity contribution in [3.05, 3.63) is 65.7 Å². The molecule has 2 aliphatic rings. The summed E-state index contributed by atoms with van der Waals surface area (Å²) in [5, 5.41) is 26.5. The average Bonchev–Trinajstić information content (AvgIpc) is 4.11. The molecule has 0 unspecified atom stereocenters. The molecule has 4 rings (SSSR count). The molecule has 80 heavy (non-hydrogen) atoms. The van der Waals surface area contributed by atoms with E-state index >= 15 is 0 Å². The van der Waals surface area contributed by atoms with Gasteiger partial charge in [-0.2, -0.15) is 8.42 Å². The van der Waals surface area contributed by atoms with Gasteiger partial charge in [-0.15, -0.1) is 0 Å². The molecule has 10 N–H and O–H groups in total. The van der Waals surface area contributed by atoms with Crippen LogP contribution >= 0.6 is 0 Å². The van der Waals surface area contributed by atoms with Gasteiger partial charge < -0.3 is 52.5 Å². The Hall–Kier alpha value is -6.46. The van der Waals surface area contributed by atoms with Gasteiger partial charge in [-0.05, 0) is 91.4 Å². The summed E-state index contributed by atoms with van der Waals surface area (Å²) >= 11 is 0. The monoisotopic (exact) mass is 1140 g/mol. The molecule has 0 spiro atoms. The Bertz CT molecular complexity index is 2580. The van der Waals surface area contributed by atoms with Crippen LogP contribution in [0, 0.1) is 29.6 Å². The number of carboxylic acid groups (broad SMARTS) is 1. The number of likely N-dealkylation sites (tertiary alicyclic amines) is 2. The maximum Gasteiger partial charge on any atom is 0.326 e. The van der Waals surface area contributed by atoms with Crippen molar-refractivity contribution in [2.75, 3.05) is 13.1 Å². The Morgan fingerprint density at radius 3 is 1.57 bits per heavy atom. The van der Waals surface area contributed by atoms with Gasteiger partial charge in [-0.3, -0.25) is 42.9 Å². The number of carboxylic acids is 1. The topological polar surface area (TPSA) is 333 Å². The Kier molecular flexibility index (Phi) is 25.1. The predicted octanol–water partition coefficient (Wildman–Crippen LogP) is 2.86. The first-order valence-corrected chi connectivity index (χ1v) is 29.5. The van der Waals surface area contributed by atoms with E-state index in [-0.39, 0.29) is 75.3 Å². The van der Waals surface area contributed by atoms with Gasteiger partial charge in [0.15, 0.2) is 0 Å². The zero-order valence-electron chi connectivity index (χ0n) is 48.0. The highest BCUT2D eigenvalue weighted by atomic mass is 32.2. The normalized spacial score (nSPS) is 18.9. The predicted molar refractivity (Wildman–Crippen MR) is 299 cm³/mol. The van der Waals surface area contributed by atoms with Crippen LogP contribution in [0.2, 0.25) is 0 Å². The number of nitrogens with two attached hydrogens (primary N) is 1. The van der Waals surface area contributed by atoms with Crippen molar-refractivity contribution in [3.8, 4) is 0 Å². The highest BCUT2D eigenvalue weighted by Gasteiger charge is 2.45. The van der Waals surface area contributed by atoms with Gasteiger partial charge in [0.2, 0.25) is 47.3 Å². The molecule has 2 saturated heterocycles. The molecule has 11 atom stereocenters. The minimum Gasteiger partial charge on any atom is -0.480 e. The number of carbonyl (C=O) groups excluding carboxylic acids is 8. The van der Waals surface area contributed by atoms with Gasteiger partial charge in [-0.25, -0.2) is 4.79 Å². The second kappa shape index (κ2) is 30.4. The third-order valence-electron chi connectivity index (χ3n) is 15.1. The van der Waals surface area contributed by atoms with Crippen molar-refractivity contribution in [2.24, 2.45) is 35.3 Å². The van der Waals surface area contributed by atoms with E-state index in [1.165, 1.54) is 21.9 Å². The first-order chi connectivity index (χ1) is 37.6. The van der Waals surface area contributed by atoms with Crippen LogP contribution in [0.3, 0.4) is 0 Å². The van der Waals surface area contributed by atoms with Crippen LogP contribution in [0.5, 0.6) is 0 Å². The number of benzene rings is 2. The molecular formula is C57H87N9O13S. The largest absolute Gasteiger partial charge is 0.480 e. The summed E-state index contributed by atoms with van der Waals surface area (Å²) in [5.41, 5.74) is 7.18. The second-order valence-corrected chi connectivity index (χ2v) is 24.2. The molecule has 0 aliphatic carbocycles. The molecule has 2 fully saturated rings. The fraction of sp³-hybridized carbons (Fsp3) is 0.632. The van der Waals surface area contributed by atoms with E-state index < -0.39 is 129 Å². The molecule has 444 valence electrons. The smallest absolute Gasteiger partial charge is 0.326 e. The Morgan fingerprint density at radius 1 is 0.575 bits per heavy atom. The molecular weight excluding hydrogens is 1050 g/mol. The lowest BCUT2D eigenvalue weighted by atomic mass is 9.94. The van der Waals surface area contributed by atoms with Crippen LogP contribution < -0.4 is 37.6 Å². The van der Waals surface area contributed by atoms with Gasteiger partial charge in [0.05, 0.1) is 10.9 Å². The van der Waals surface area contributed by atoms with Crippen LogP contribution in [-0.4, -0.2) is 149 Å². The van der Waals surface area contributed by atoms with Crippen LogP contribution in [-0.2, 0) is 66.1 Å². The third kappa shape index (κ3) is 18.8. The first kappa shape index (κ1) is 66.1. The quantitative estimate of drug-likeness (QED) is 0.0530. The summed E-state index contributed by atoms with van der Waals surface area (Å²) in [7, 11) is -4.59. The summed E-state index contributed by atoms with van der Waals surface area (Å²) < 4.78 is 33.4. The fourth-order valence-electron chi connectivity index (χ4n) is 9.96. The lowest BCUT2D eigenvalue weighted by Crippen LogP contribution is -2.61. The number of hydrogen-bond acceptors (Lipinski definition) is 12. The molecule has 2 aromatic carbocycles. The van der Waals surface area contributed by atoms with E-state index in [9.17, 15) is 61.2 Å². The lowest BCUT2D eigenvalue weighted by molar-refractivity contribution is -0.148. The molecule has 0 bridgehead atoms. The second-order valence-electron chi connectivity index (χ2n) is 22.7. The van der Waals surface area contributed by atoms with Crippen molar-refractivity contribution >= 4 is 63.3 Å². The van der Waals surface area contributed by atoms with Gasteiger partial charge in [-0.1, -0.05) is 125 Å². The Balaban J connectivity index is 1.59. The molecule has 2 heterocycles. The first-order valence-electron chi connectivity index (χ1n) is 28.1. The maximum absolute atomic E-state index is 14.7. The van der Waals surface area contributed by atoms with E-state index in [0.29, 0.717) is 36.8 Å². The highest BCUT2D eigenvalue weighted by Crippen LogP contribution is 2.27. The molecule has 23 heteroatoms. The van der Waals surface area contributed by atoms with Crippen molar-refractivity contribution in [1.82, 2.24) is 41.7 Å². The van der Waals surface area contributed by atoms with E-state index in [4.69, 9.17) is 5.73 Å². The number of nitrogens with one attached hydrogen (secondary N) is 6. The summed E-state index contributed by atoms with van der Waals surface area (Å²) in [6, 6.07) is 3.30. The number of hydrogen-bond donors (Lipinski definition) is 9. The summed E-state index contributed by atoms with van der Waals surface area (Å²) in [6.07, 6.45) is 2.41. The van der Waals surface area contributed by atoms with Crippen molar-refractivity contribution in [3.63, 3.8) is 0 Å². The lowest BCUT2D eigenvalue weighted by Gasteiger charge is -2.35. The standard InChI is InChI=1S/C57H87N9O13S/c1-11-35(9)46(58)53(71)64-48(36(10)12-2)54(72)61-40(28-32(3)4)51(69)63-47(34(7)8)56(74)66-27-17-21-45(66)55(73)65-26-16-20-44(65)52(70)60-42(31-38-22-24-39(25-23-38)80(77,78)79)49(67)59-41(30-37-18-14-13-15-19-37)50(68)62-43(57(75)76)29-33(5)6/h13-15,18-19,22-25,32-36,40-48H,11-12,16-17,20-21,26-31,58H2,1-10H3,(H,59,67)(H,60,70)(H,61,72)(H,62,68)(H,63,69)(H,64,71)(H,75,76)(H,77,78,79)/t35-,36-,40-,41-,42-,43-,44-,45-,46-,47-,48-/m0/s1. The van der Waals surface area contributed by atoms with E-state index in [1.807, 2.05) is 41.5 Å². The molecule has 0 aromatic heterocycles. The number of aliphatic carboxylic acids is 1. The molecule has 0 saturated carbocycles. The maximum atomic E-state index is 14.7. The third-order valence-corrected chi connectivity index (χ3v) is 16.0. The highest BCUT2D eigenvalue weighted by molar-refractivity contribution is 7.85. The summed E-state index contributed by atoms with van der Waals surface area (Å²) in [5.74, 6) is -7.52. The van der Waals surface area contributed by atoms with Crippen LogP contribution in [0.15, 0.2) is 59.5 Å². The van der Waals surface area contributed by atoms with Crippen molar-refractivity contribution in [1.29, 1.82) is 0 Å². The minimum absolute atomic E-state index is 0.0670. The van der Waals surface area contributed by atoms with Gasteiger partial charge in [0.1, 0.15) is 48.3 Å². The van der Waals surface area contributed by atoms with Crippen molar-refractivity contribution < 1.29 is 61.2 Å². The molecule has 8 amide bonds. The van der Waals surface area contributed by atoms with Crippen LogP contribution in [0.4, 0.5) is 0 Å². The van der Waals surface area contributed by atoms with Gasteiger partial charge >= 0.3 is 5.97 Å². The van der Waals surface area contributed by atoms with Gasteiger partial charge in [0.25, 0.3) is 10.1 Å². The summed E-state index contributed by atoms with van der Waals surface area (Å²) in [4.78, 5) is 128. The Labute approximate surface area is 471 Å². The van der Waals surface area contributed by atoms with Crippen LogP contribution in [0.1, 0.15) is 132 Å². The number of nitrogens with zero attached hydrogens (tertiary/aromatic N) is 2. The summed E-state index contributed by atoms with van der Waals surface area (Å²) in [6.45, 7) is 18.6. The molecule has 2 aromatic rings. The number of amides is 8. The fourth-order valence-corrected chi connectivity index (χ4v) is 10.4. The zero-order valence-corrected chi connectivity index (χ0v) is 48.8. The average molecular weight is 1140 g/mol. The molecule has 22 nitrogen and oxygen atoms in total. The molecule has 0 radical (unpaired) electrons. The van der Waals surface area contributed by atoms with Crippen molar-refractivity contribution in [2.45, 2.75) is 193 Å². The van der Waals surface area contributed by atoms with E-state index in [2.05, 4.69) is 31.9 Å². The van der Waals surface area contributed by atoms with E-state index in [0.717, 1.165) is 12.1 Å². The van der Waals surface area contributed by atoms with Gasteiger partial charge in [0, 0.05) is 25.9 Å². The number of rotatable bonds is 29. The Morgan fingerprint density at radius 2 is 1.05 bits per heavy atom.